The van der Waals surface area contributed by atoms with E-state index in [0.717, 1.165) is 12.6 Å². The molecule has 0 aromatic rings. The molecule has 0 bridgehead atoms. The van der Waals surface area contributed by atoms with Crippen molar-refractivity contribution in [1.82, 2.24) is 5.32 Å². The van der Waals surface area contributed by atoms with E-state index in [4.69, 9.17) is 4.74 Å². The van der Waals surface area contributed by atoms with E-state index in [1.54, 1.807) is 0 Å². The maximum atomic E-state index is 6.19. The Hall–Kier alpha value is 0.270. The van der Waals surface area contributed by atoms with E-state index < -0.39 is 0 Å². The topological polar surface area (TPSA) is 21.3 Å². The lowest BCUT2D eigenvalue weighted by atomic mass is 9.85. The number of hydrogen-bond acceptors (Lipinski definition) is 3. The molecule has 2 unspecified atom stereocenters. The number of hydrogen-bond donors (Lipinski definition) is 1. The smallest absolute Gasteiger partial charge is 0.0713 e. The Morgan fingerprint density at radius 1 is 1.00 bits per heavy atom. The molecule has 0 amide bonds. The van der Waals surface area contributed by atoms with Gasteiger partial charge in [-0.2, -0.15) is 11.8 Å². The first kappa shape index (κ1) is 14.2. The van der Waals surface area contributed by atoms with Gasteiger partial charge in [0.2, 0.25) is 0 Å². The van der Waals surface area contributed by atoms with Crippen LogP contribution < -0.4 is 5.32 Å². The van der Waals surface area contributed by atoms with Gasteiger partial charge in [-0.05, 0) is 61.9 Å². The molecule has 3 fully saturated rings. The second-order valence-electron chi connectivity index (χ2n) is 7.60. The molecule has 2 aliphatic heterocycles. The molecule has 110 valence electrons. The summed E-state index contributed by atoms with van der Waals surface area (Å²) in [4.78, 5) is 0. The number of thioether (sulfide) groups is 1. The highest BCUT2D eigenvalue weighted by atomic mass is 32.2. The highest BCUT2D eigenvalue weighted by Gasteiger charge is 2.40. The highest BCUT2D eigenvalue weighted by molar-refractivity contribution is 7.99. The van der Waals surface area contributed by atoms with Crippen molar-refractivity contribution >= 4 is 11.8 Å². The quantitative estimate of drug-likeness (QED) is 0.836. The van der Waals surface area contributed by atoms with Crippen molar-refractivity contribution in [3.63, 3.8) is 0 Å². The Kier molecular flexibility index (Phi) is 4.17. The van der Waals surface area contributed by atoms with Crippen LogP contribution in [0, 0.1) is 5.41 Å². The summed E-state index contributed by atoms with van der Waals surface area (Å²) in [6.07, 6.45) is 9.12. The molecule has 2 atom stereocenters. The number of ether oxygens (including phenoxy) is 1. The van der Waals surface area contributed by atoms with Crippen molar-refractivity contribution in [3.8, 4) is 0 Å². The molecule has 19 heavy (non-hydrogen) atoms. The van der Waals surface area contributed by atoms with Gasteiger partial charge < -0.3 is 10.1 Å². The molecule has 0 radical (unpaired) electrons. The molecule has 2 saturated heterocycles. The van der Waals surface area contributed by atoms with Crippen LogP contribution in [-0.2, 0) is 4.74 Å². The third kappa shape index (κ3) is 3.48. The number of nitrogens with one attached hydrogen (secondary N) is 1. The van der Waals surface area contributed by atoms with Crippen LogP contribution in [0.4, 0.5) is 0 Å². The van der Waals surface area contributed by atoms with Crippen LogP contribution in [0.15, 0.2) is 0 Å². The first-order valence-electron chi connectivity index (χ1n) is 8.05. The van der Waals surface area contributed by atoms with Gasteiger partial charge in [-0.15, -0.1) is 0 Å². The van der Waals surface area contributed by atoms with Gasteiger partial charge in [-0.3, -0.25) is 0 Å². The lowest BCUT2D eigenvalue weighted by Crippen LogP contribution is -2.50. The van der Waals surface area contributed by atoms with E-state index >= 15 is 0 Å². The molecule has 1 N–H and O–H groups in total. The summed E-state index contributed by atoms with van der Waals surface area (Å²) in [5.74, 6) is 2.59. The van der Waals surface area contributed by atoms with Gasteiger partial charge >= 0.3 is 0 Å². The van der Waals surface area contributed by atoms with E-state index in [2.05, 4.69) is 30.9 Å². The van der Waals surface area contributed by atoms with Crippen molar-refractivity contribution in [1.29, 1.82) is 0 Å². The zero-order chi connectivity index (χ0) is 13.3. The first-order chi connectivity index (χ1) is 9.07. The van der Waals surface area contributed by atoms with Crippen molar-refractivity contribution in [2.75, 3.05) is 18.1 Å². The molecular formula is C16H29NOS. The van der Waals surface area contributed by atoms with Gasteiger partial charge in [0.05, 0.1) is 5.60 Å². The fourth-order valence-corrected chi connectivity index (χ4v) is 5.41. The summed E-state index contributed by atoms with van der Waals surface area (Å²) < 4.78 is 6.19. The predicted octanol–water partition coefficient (Wildman–Crippen LogP) is 3.60. The first-order valence-corrected chi connectivity index (χ1v) is 9.20. The Balaban J connectivity index is 1.54. The minimum atomic E-state index is 0.231. The van der Waals surface area contributed by atoms with E-state index in [1.165, 1.54) is 56.5 Å². The zero-order valence-corrected chi connectivity index (χ0v) is 13.4. The lowest BCUT2D eigenvalue weighted by Gasteiger charge is -2.44. The minimum absolute atomic E-state index is 0.231. The second kappa shape index (κ2) is 5.57. The van der Waals surface area contributed by atoms with Crippen LogP contribution in [-0.4, -0.2) is 35.8 Å². The van der Waals surface area contributed by atoms with Crippen molar-refractivity contribution in [2.45, 2.75) is 76.5 Å². The SMILES string of the molecule is CC1(C)CCC(NC2CCOC3(CCSCC3)C2)C1. The molecule has 3 heteroatoms. The molecule has 3 rings (SSSR count). The fraction of sp³-hybridized carbons (Fsp3) is 1.00. The maximum absolute atomic E-state index is 6.19. The van der Waals surface area contributed by atoms with Crippen LogP contribution in [0.5, 0.6) is 0 Å². The Morgan fingerprint density at radius 2 is 1.74 bits per heavy atom. The monoisotopic (exact) mass is 283 g/mol. The summed E-state index contributed by atoms with van der Waals surface area (Å²) >= 11 is 2.10. The van der Waals surface area contributed by atoms with Crippen LogP contribution in [0.3, 0.4) is 0 Å². The fourth-order valence-electron chi connectivity index (χ4n) is 4.17. The van der Waals surface area contributed by atoms with Gasteiger partial charge in [0.15, 0.2) is 0 Å². The van der Waals surface area contributed by atoms with Gasteiger partial charge in [0.25, 0.3) is 0 Å². The third-order valence-corrected chi connectivity index (χ3v) is 6.32. The molecular weight excluding hydrogens is 254 g/mol. The molecule has 3 aliphatic rings. The Morgan fingerprint density at radius 3 is 2.42 bits per heavy atom. The summed E-state index contributed by atoms with van der Waals surface area (Å²) in [6, 6.07) is 1.46. The Bertz CT molecular complexity index is 306. The molecule has 0 aromatic heterocycles. The third-order valence-electron chi connectivity index (χ3n) is 5.34. The Labute approximate surface area is 122 Å². The van der Waals surface area contributed by atoms with Gasteiger partial charge in [0, 0.05) is 18.7 Å². The molecule has 1 saturated carbocycles. The second-order valence-corrected chi connectivity index (χ2v) is 8.83. The highest BCUT2D eigenvalue weighted by Crippen LogP contribution is 2.40. The normalized spacial score (nSPS) is 37.6. The number of rotatable bonds is 2. The summed E-state index contributed by atoms with van der Waals surface area (Å²) in [5, 5.41) is 3.96. The average molecular weight is 283 g/mol. The van der Waals surface area contributed by atoms with Gasteiger partial charge in [0.1, 0.15) is 0 Å². The molecule has 2 nitrogen and oxygen atoms in total. The van der Waals surface area contributed by atoms with Crippen molar-refractivity contribution in [2.24, 2.45) is 5.41 Å². The van der Waals surface area contributed by atoms with E-state index in [0.29, 0.717) is 11.5 Å². The van der Waals surface area contributed by atoms with Crippen LogP contribution >= 0.6 is 11.8 Å². The van der Waals surface area contributed by atoms with Crippen LogP contribution in [0.1, 0.15) is 58.8 Å². The van der Waals surface area contributed by atoms with E-state index in [9.17, 15) is 0 Å². The zero-order valence-electron chi connectivity index (χ0n) is 12.5. The summed E-state index contributed by atoms with van der Waals surface area (Å²) in [7, 11) is 0. The molecule has 0 aromatic carbocycles. The molecule has 2 heterocycles. The van der Waals surface area contributed by atoms with Gasteiger partial charge in [-0.1, -0.05) is 13.8 Å². The summed E-state index contributed by atoms with van der Waals surface area (Å²) in [5.41, 5.74) is 0.789. The van der Waals surface area contributed by atoms with E-state index in [-0.39, 0.29) is 5.60 Å². The summed E-state index contributed by atoms with van der Waals surface area (Å²) in [6.45, 7) is 5.80. The molecule has 1 aliphatic carbocycles. The van der Waals surface area contributed by atoms with Crippen LogP contribution in [0.25, 0.3) is 0 Å². The van der Waals surface area contributed by atoms with E-state index in [1.807, 2.05) is 0 Å². The lowest BCUT2D eigenvalue weighted by molar-refractivity contribution is -0.0942. The molecule has 1 spiro atoms. The van der Waals surface area contributed by atoms with Crippen LogP contribution in [0.2, 0.25) is 0 Å². The predicted molar refractivity (Wildman–Crippen MR) is 82.8 cm³/mol. The maximum Gasteiger partial charge on any atom is 0.0713 e. The van der Waals surface area contributed by atoms with Crippen molar-refractivity contribution < 1.29 is 4.74 Å². The average Bonchev–Trinajstić information content (AvgIpc) is 2.70. The minimum Gasteiger partial charge on any atom is -0.375 e. The van der Waals surface area contributed by atoms with Crippen molar-refractivity contribution in [3.05, 3.63) is 0 Å². The standard InChI is InChI=1S/C16H29NOS/c1-15(2)5-3-13(11-15)17-14-4-8-18-16(12-14)6-9-19-10-7-16/h13-14,17H,3-12H2,1-2H3. The van der Waals surface area contributed by atoms with Gasteiger partial charge in [-0.25, -0.2) is 0 Å². The largest absolute Gasteiger partial charge is 0.375 e.